The van der Waals surface area contributed by atoms with E-state index in [2.05, 4.69) is 5.32 Å². The zero-order chi connectivity index (χ0) is 12.8. The summed E-state index contributed by atoms with van der Waals surface area (Å²) in [5.41, 5.74) is 0.705. The molecule has 17 heavy (non-hydrogen) atoms. The summed E-state index contributed by atoms with van der Waals surface area (Å²) in [5, 5.41) is 21.3. The third-order valence-electron chi connectivity index (χ3n) is 2.28. The Morgan fingerprint density at radius 1 is 1.41 bits per heavy atom. The van der Waals surface area contributed by atoms with E-state index in [0.29, 0.717) is 18.7 Å². The Bertz CT molecular complexity index is 392. The molecule has 0 radical (unpaired) electrons. The highest BCUT2D eigenvalue weighted by Crippen LogP contribution is 2.28. The monoisotopic (exact) mass is 239 g/mol. The summed E-state index contributed by atoms with van der Waals surface area (Å²) in [6.07, 6.45) is -0.338. The van der Waals surface area contributed by atoms with Gasteiger partial charge in [-0.25, -0.2) is 0 Å². The van der Waals surface area contributed by atoms with Gasteiger partial charge in [0.2, 0.25) is 5.91 Å². The molecular weight excluding hydrogens is 222 g/mol. The first kappa shape index (κ1) is 13.3. The van der Waals surface area contributed by atoms with E-state index in [4.69, 9.17) is 4.74 Å². The average Bonchev–Trinajstić information content (AvgIpc) is 2.28. The number of hydrogen-bond donors (Lipinski definition) is 3. The van der Waals surface area contributed by atoms with Crippen molar-refractivity contribution in [3.63, 3.8) is 0 Å². The Balaban J connectivity index is 2.81. The maximum absolute atomic E-state index is 10.8. The van der Waals surface area contributed by atoms with E-state index in [9.17, 15) is 15.0 Å². The molecule has 0 aliphatic carbocycles. The highest BCUT2D eigenvalue weighted by Gasteiger charge is 2.13. The quantitative estimate of drug-likeness (QED) is 0.677. The summed E-state index contributed by atoms with van der Waals surface area (Å²) in [6, 6.07) is 4.47. The molecule has 0 saturated heterocycles. The standard InChI is InChI=1S/C12H17NO4/c1-3-17-12(7-13-8(2)14)9-4-5-10(15)11(16)6-9/h4-6,12,15-16H,3,7H2,1-2H3,(H,13,14)/t12-/m1/s1. The van der Waals surface area contributed by atoms with Crippen molar-refractivity contribution in [2.75, 3.05) is 13.2 Å². The van der Waals surface area contributed by atoms with Crippen LogP contribution >= 0.6 is 0 Å². The third-order valence-corrected chi connectivity index (χ3v) is 2.28. The van der Waals surface area contributed by atoms with Crippen molar-refractivity contribution in [1.82, 2.24) is 5.32 Å². The van der Waals surface area contributed by atoms with Gasteiger partial charge in [0, 0.05) is 20.1 Å². The largest absolute Gasteiger partial charge is 0.504 e. The van der Waals surface area contributed by atoms with Crippen LogP contribution in [0.1, 0.15) is 25.5 Å². The van der Waals surface area contributed by atoms with E-state index >= 15 is 0 Å². The number of aromatic hydroxyl groups is 2. The molecular formula is C12H17NO4. The lowest BCUT2D eigenvalue weighted by Gasteiger charge is -2.18. The predicted octanol–water partition coefficient (Wildman–Crippen LogP) is 1.31. The van der Waals surface area contributed by atoms with Gasteiger partial charge in [-0.05, 0) is 24.6 Å². The van der Waals surface area contributed by atoms with Gasteiger partial charge >= 0.3 is 0 Å². The van der Waals surface area contributed by atoms with Crippen molar-refractivity contribution in [1.29, 1.82) is 0 Å². The topological polar surface area (TPSA) is 78.8 Å². The van der Waals surface area contributed by atoms with E-state index < -0.39 is 0 Å². The third kappa shape index (κ3) is 3.96. The number of ether oxygens (including phenoxy) is 1. The number of benzene rings is 1. The summed E-state index contributed by atoms with van der Waals surface area (Å²) >= 11 is 0. The van der Waals surface area contributed by atoms with Gasteiger partial charge in [-0.3, -0.25) is 4.79 Å². The van der Waals surface area contributed by atoms with Gasteiger partial charge in [-0.2, -0.15) is 0 Å². The van der Waals surface area contributed by atoms with Crippen LogP contribution in [0.3, 0.4) is 0 Å². The Kier molecular flexibility index (Phi) is 4.78. The van der Waals surface area contributed by atoms with Crippen LogP contribution in [0.5, 0.6) is 11.5 Å². The Hall–Kier alpha value is -1.75. The molecule has 0 bridgehead atoms. The maximum Gasteiger partial charge on any atom is 0.216 e. The summed E-state index contributed by atoms with van der Waals surface area (Å²) in [6.45, 7) is 4.09. The van der Waals surface area contributed by atoms with Crippen molar-refractivity contribution < 1.29 is 19.7 Å². The van der Waals surface area contributed by atoms with E-state index in [1.165, 1.54) is 19.1 Å². The predicted molar refractivity (Wildman–Crippen MR) is 62.8 cm³/mol. The van der Waals surface area contributed by atoms with Crippen molar-refractivity contribution in [2.24, 2.45) is 0 Å². The summed E-state index contributed by atoms with van der Waals surface area (Å²) < 4.78 is 5.47. The molecule has 1 aromatic rings. The molecule has 3 N–H and O–H groups in total. The number of nitrogens with one attached hydrogen (secondary N) is 1. The first-order chi connectivity index (χ1) is 8.04. The first-order valence-corrected chi connectivity index (χ1v) is 5.42. The zero-order valence-corrected chi connectivity index (χ0v) is 9.93. The molecule has 0 spiro atoms. The van der Waals surface area contributed by atoms with Crippen molar-refractivity contribution in [2.45, 2.75) is 20.0 Å². The number of rotatable bonds is 5. The zero-order valence-electron chi connectivity index (χ0n) is 9.93. The number of carbonyl (C=O) groups is 1. The van der Waals surface area contributed by atoms with Crippen LogP contribution in [0.2, 0.25) is 0 Å². The van der Waals surface area contributed by atoms with Crippen LogP contribution in [0.15, 0.2) is 18.2 Å². The fraction of sp³-hybridized carbons (Fsp3) is 0.417. The summed E-state index contributed by atoms with van der Waals surface area (Å²) in [5.74, 6) is -0.517. The molecule has 5 heteroatoms. The van der Waals surface area contributed by atoms with E-state index in [1.54, 1.807) is 6.07 Å². The van der Waals surface area contributed by atoms with Gasteiger partial charge < -0.3 is 20.3 Å². The second kappa shape index (κ2) is 6.10. The second-order valence-corrected chi connectivity index (χ2v) is 3.63. The Morgan fingerprint density at radius 3 is 2.65 bits per heavy atom. The molecule has 0 aliphatic rings. The lowest BCUT2D eigenvalue weighted by molar-refractivity contribution is -0.119. The highest BCUT2D eigenvalue weighted by molar-refractivity contribution is 5.72. The normalized spacial score (nSPS) is 12.1. The minimum Gasteiger partial charge on any atom is -0.504 e. The van der Waals surface area contributed by atoms with Gasteiger partial charge in [-0.1, -0.05) is 6.07 Å². The lowest BCUT2D eigenvalue weighted by atomic mass is 10.1. The van der Waals surface area contributed by atoms with Crippen LogP contribution in [-0.4, -0.2) is 29.3 Å². The minimum atomic E-state index is -0.338. The van der Waals surface area contributed by atoms with Crippen molar-refractivity contribution in [3.8, 4) is 11.5 Å². The number of amides is 1. The van der Waals surface area contributed by atoms with Gasteiger partial charge in [0.15, 0.2) is 11.5 Å². The lowest BCUT2D eigenvalue weighted by Crippen LogP contribution is -2.27. The van der Waals surface area contributed by atoms with Crippen LogP contribution in [0.25, 0.3) is 0 Å². The second-order valence-electron chi connectivity index (χ2n) is 3.63. The van der Waals surface area contributed by atoms with E-state index in [-0.39, 0.29) is 23.5 Å². The maximum atomic E-state index is 10.8. The summed E-state index contributed by atoms with van der Waals surface area (Å²) in [7, 11) is 0. The van der Waals surface area contributed by atoms with Crippen LogP contribution in [0, 0.1) is 0 Å². The fourth-order valence-corrected chi connectivity index (χ4v) is 1.45. The molecule has 94 valence electrons. The van der Waals surface area contributed by atoms with Gasteiger partial charge in [0.1, 0.15) is 0 Å². The van der Waals surface area contributed by atoms with E-state index in [1.807, 2.05) is 6.92 Å². The van der Waals surface area contributed by atoms with Gasteiger partial charge in [0.25, 0.3) is 0 Å². The fourth-order valence-electron chi connectivity index (χ4n) is 1.45. The number of phenolic OH excluding ortho intramolecular Hbond substituents is 2. The van der Waals surface area contributed by atoms with Gasteiger partial charge in [0.05, 0.1) is 6.10 Å². The average molecular weight is 239 g/mol. The van der Waals surface area contributed by atoms with Crippen molar-refractivity contribution >= 4 is 5.91 Å². The summed E-state index contributed by atoms with van der Waals surface area (Å²) in [4.78, 5) is 10.8. The molecule has 1 amide bonds. The van der Waals surface area contributed by atoms with Crippen LogP contribution in [-0.2, 0) is 9.53 Å². The first-order valence-electron chi connectivity index (χ1n) is 5.42. The molecule has 1 rings (SSSR count). The molecule has 0 heterocycles. The SMILES string of the molecule is CCO[C@H](CNC(C)=O)c1ccc(O)c(O)c1. The molecule has 0 saturated carbocycles. The minimum absolute atomic E-state index is 0.141. The smallest absolute Gasteiger partial charge is 0.216 e. The van der Waals surface area contributed by atoms with Gasteiger partial charge in [-0.15, -0.1) is 0 Å². The molecule has 0 unspecified atom stereocenters. The molecule has 0 aliphatic heterocycles. The Morgan fingerprint density at radius 2 is 2.12 bits per heavy atom. The van der Waals surface area contributed by atoms with Crippen molar-refractivity contribution in [3.05, 3.63) is 23.8 Å². The number of hydrogen-bond acceptors (Lipinski definition) is 4. The Labute approximate surface area is 100 Å². The van der Waals surface area contributed by atoms with E-state index in [0.717, 1.165) is 0 Å². The van der Waals surface area contributed by atoms with Crippen LogP contribution in [0.4, 0.5) is 0 Å². The number of phenols is 2. The highest BCUT2D eigenvalue weighted by atomic mass is 16.5. The molecule has 0 aromatic heterocycles. The molecule has 5 nitrogen and oxygen atoms in total. The molecule has 1 aromatic carbocycles. The van der Waals surface area contributed by atoms with Crippen LogP contribution < -0.4 is 5.32 Å². The number of carbonyl (C=O) groups excluding carboxylic acids is 1. The molecule has 0 fully saturated rings. The molecule has 1 atom stereocenters.